The van der Waals surface area contributed by atoms with Gasteiger partial charge in [0.15, 0.2) is 0 Å². The van der Waals surface area contributed by atoms with Crippen molar-refractivity contribution >= 4 is 0 Å². The standard InChI is InChI=1S/C16H26N2O/c1-16(2,13-18-11-4-9-17-10-12-18)14-5-7-15(19-3)8-6-14/h5-8,17H,4,9-13H2,1-3H3. The number of hydrogen-bond donors (Lipinski definition) is 1. The zero-order valence-corrected chi connectivity index (χ0v) is 12.4. The van der Waals surface area contributed by atoms with Crippen molar-refractivity contribution in [1.82, 2.24) is 10.2 Å². The van der Waals surface area contributed by atoms with Crippen molar-refractivity contribution in [2.45, 2.75) is 25.7 Å². The molecule has 0 aliphatic carbocycles. The number of nitrogens with one attached hydrogen (secondary N) is 1. The minimum atomic E-state index is 0.177. The number of methoxy groups -OCH3 is 1. The SMILES string of the molecule is COc1ccc(C(C)(C)CN2CCCNCC2)cc1. The van der Waals surface area contributed by atoms with Gasteiger partial charge in [0.25, 0.3) is 0 Å². The molecule has 1 fully saturated rings. The molecule has 106 valence electrons. The maximum Gasteiger partial charge on any atom is 0.118 e. The molecular formula is C16H26N2O. The molecule has 0 spiro atoms. The van der Waals surface area contributed by atoms with E-state index in [2.05, 4.69) is 48.3 Å². The van der Waals surface area contributed by atoms with Crippen LogP contribution in [0.5, 0.6) is 5.75 Å². The quantitative estimate of drug-likeness (QED) is 0.901. The molecule has 1 heterocycles. The lowest BCUT2D eigenvalue weighted by Crippen LogP contribution is -2.38. The van der Waals surface area contributed by atoms with Crippen LogP contribution < -0.4 is 10.1 Å². The molecule has 0 saturated carbocycles. The Bertz CT molecular complexity index is 378. The zero-order valence-electron chi connectivity index (χ0n) is 12.4. The van der Waals surface area contributed by atoms with Gasteiger partial charge in [-0.25, -0.2) is 0 Å². The minimum Gasteiger partial charge on any atom is -0.497 e. The van der Waals surface area contributed by atoms with Crippen LogP contribution in [-0.4, -0.2) is 44.7 Å². The molecule has 1 saturated heterocycles. The van der Waals surface area contributed by atoms with Crippen LogP contribution in [-0.2, 0) is 5.41 Å². The fourth-order valence-electron chi connectivity index (χ4n) is 2.75. The molecule has 3 nitrogen and oxygen atoms in total. The van der Waals surface area contributed by atoms with Gasteiger partial charge in [0.2, 0.25) is 0 Å². The average molecular weight is 262 g/mol. The summed E-state index contributed by atoms with van der Waals surface area (Å²) in [5.74, 6) is 0.929. The fraction of sp³-hybridized carbons (Fsp3) is 0.625. The molecule has 2 rings (SSSR count). The summed E-state index contributed by atoms with van der Waals surface area (Å²) in [6.45, 7) is 10.4. The lowest BCUT2D eigenvalue weighted by atomic mass is 9.84. The first-order chi connectivity index (χ1) is 9.12. The van der Waals surface area contributed by atoms with Gasteiger partial charge >= 0.3 is 0 Å². The van der Waals surface area contributed by atoms with Gasteiger partial charge in [0.1, 0.15) is 5.75 Å². The van der Waals surface area contributed by atoms with E-state index in [1.54, 1.807) is 7.11 Å². The highest BCUT2D eigenvalue weighted by Gasteiger charge is 2.24. The Morgan fingerprint density at radius 3 is 2.58 bits per heavy atom. The summed E-state index contributed by atoms with van der Waals surface area (Å²) >= 11 is 0. The zero-order chi connectivity index (χ0) is 13.7. The Balaban J connectivity index is 2.02. The van der Waals surface area contributed by atoms with E-state index in [9.17, 15) is 0 Å². The van der Waals surface area contributed by atoms with Crippen molar-refractivity contribution in [1.29, 1.82) is 0 Å². The highest BCUT2D eigenvalue weighted by atomic mass is 16.5. The molecule has 0 radical (unpaired) electrons. The molecule has 0 atom stereocenters. The van der Waals surface area contributed by atoms with Crippen LogP contribution in [0.3, 0.4) is 0 Å². The number of hydrogen-bond acceptors (Lipinski definition) is 3. The normalized spacial score (nSPS) is 18.1. The summed E-state index contributed by atoms with van der Waals surface area (Å²) in [6, 6.07) is 8.49. The van der Waals surface area contributed by atoms with Crippen molar-refractivity contribution < 1.29 is 4.74 Å². The fourth-order valence-corrected chi connectivity index (χ4v) is 2.75. The summed E-state index contributed by atoms with van der Waals surface area (Å²) in [7, 11) is 1.71. The van der Waals surface area contributed by atoms with Crippen molar-refractivity contribution in [2.75, 3.05) is 39.8 Å². The number of ether oxygens (including phenoxy) is 1. The molecule has 0 aromatic heterocycles. The molecule has 0 bridgehead atoms. The van der Waals surface area contributed by atoms with E-state index in [4.69, 9.17) is 4.74 Å². The monoisotopic (exact) mass is 262 g/mol. The van der Waals surface area contributed by atoms with Crippen molar-refractivity contribution in [3.05, 3.63) is 29.8 Å². The molecular weight excluding hydrogens is 236 g/mol. The second-order valence-electron chi connectivity index (χ2n) is 5.99. The van der Waals surface area contributed by atoms with E-state index >= 15 is 0 Å². The number of rotatable bonds is 4. The van der Waals surface area contributed by atoms with Gasteiger partial charge in [-0.05, 0) is 37.2 Å². The van der Waals surface area contributed by atoms with Crippen LogP contribution >= 0.6 is 0 Å². The molecule has 0 unspecified atom stereocenters. The first kappa shape index (κ1) is 14.4. The van der Waals surface area contributed by atoms with Crippen molar-refractivity contribution in [3.8, 4) is 5.75 Å². The van der Waals surface area contributed by atoms with Crippen LogP contribution in [0.2, 0.25) is 0 Å². The topological polar surface area (TPSA) is 24.5 Å². The summed E-state index contributed by atoms with van der Waals surface area (Å²) in [5.41, 5.74) is 1.56. The molecule has 19 heavy (non-hydrogen) atoms. The lowest BCUT2D eigenvalue weighted by molar-refractivity contribution is 0.237. The average Bonchev–Trinajstić information content (AvgIpc) is 2.67. The number of nitrogens with zero attached hydrogens (tertiary/aromatic N) is 1. The van der Waals surface area contributed by atoms with E-state index in [0.717, 1.165) is 31.9 Å². The maximum absolute atomic E-state index is 5.23. The molecule has 1 N–H and O–H groups in total. The summed E-state index contributed by atoms with van der Waals surface area (Å²) in [6.07, 6.45) is 1.25. The van der Waals surface area contributed by atoms with E-state index in [-0.39, 0.29) is 5.41 Å². The largest absolute Gasteiger partial charge is 0.497 e. The highest BCUT2D eigenvalue weighted by molar-refractivity contribution is 5.31. The highest BCUT2D eigenvalue weighted by Crippen LogP contribution is 2.26. The molecule has 0 amide bonds. The first-order valence-electron chi connectivity index (χ1n) is 7.19. The third kappa shape index (κ3) is 3.95. The van der Waals surface area contributed by atoms with E-state index < -0.39 is 0 Å². The molecule has 1 aromatic carbocycles. The van der Waals surface area contributed by atoms with E-state index in [0.29, 0.717) is 0 Å². The van der Waals surface area contributed by atoms with Crippen LogP contribution in [0, 0.1) is 0 Å². The van der Waals surface area contributed by atoms with Crippen LogP contribution in [0.25, 0.3) is 0 Å². The van der Waals surface area contributed by atoms with Crippen molar-refractivity contribution in [3.63, 3.8) is 0 Å². The molecule has 3 heteroatoms. The van der Waals surface area contributed by atoms with Gasteiger partial charge in [0.05, 0.1) is 7.11 Å². The first-order valence-corrected chi connectivity index (χ1v) is 7.19. The predicted octanol–water partition coefficient (Wildman–Crippen LogP) is 2.27. The van der Waals surface area contributed by atoms with Gasteiger partial charge in [0, 0.05) is 25.0 Å². The Hall–Kier alpha value is -1.06. The third-order valence-corrected chi connectivity index (χ3v) is 3.92. The Kier molecular flexibility index (Phi) is 4.83. The van der Waals surface area contributed by atoms with E-state index in [1.807, 2.05) is 0 Å². The van der Waals surface area contributed by atoms with Gasteiger partial charge in [-0.2, -0.15) is 0 Å². The molecule has 1 aliphatic heterocycles. The Morgan fingerprint density at radius 1 is 1.16 bits per heavy atom. The van der Waals surface area contributed by atoms with Crippen LogP contribution in [0.4, 0.5) is 0 Å². The van der Waals surface area contributed by atoms with Gasteiger partial charge in [-0.3, -0.25) is 0 Å². The predicted molar refractivity (Wildman–Crippen MR) is 79.9 cm³/mol. The number of benzene rings is 1. The van der Waals surface area contributed by atoms with Crippen LogP contribution in [0.1, 0.15) is 25.8 Å². The van der Waals surface area contributed by atoms with Crippen LogP contribution in [0.15, 0.2) is 24.3 Å². The smallest absolute Gasteiger partial charge is 0.118 e. The molecule has 1 aliphatic rings. The Morgan fingerprint density at radius 2 is 1.89 bits per heavy atom. The van der Waals surface area contributed by atoms with Gasteiger partial charge in [-0.15, -0.1) is 0 Å². The molecule has 1 aromatic rings. The minimum absolute atomic E-state index is 0.177. The van der Waals surface area contributed by atoms with Crippen molar-refractivity contribution in [2.24, 2.45) is 0 Å². The lowest BCUT2D eigenvalue weighted by Gasteiger charge is -2.32. The van der Waals surface area contributed by atoms with E-state index in [1.165, 1.54) is 18.5 Å². The third-order valence-electron chi connectivity index (χ3n) is 3.92. The van der Waals surface area contributed by atoms with Gasteiger partial charge < -0.3 is 15.0 Å². The summed E-state index contributed by atoms with van der Waals surface area (Å²) in [4.78, 5) is 2.57. The maximum atomic E-state index is 5.23. The van der Waals surface area contributed by atoms with Gasteiger partial charge in [-0.1, -0.05) is 26.0 Å². The summed E-state index contributed by atoms with van der Waals surface area (Å²) < 4.78 is 5.23. The second-order valence-corrected chi connectivity index (χ2v) is 5.99. The Labute approximate surface area is 116 Å². The second kappa shape index (κ2) is 6.40. The summed E-state index contributed by atoms with van der Waals surface area (Å²) in [5, 5.41) is 3.46.